The Morgan fingerprint density at radius 3 is 1.19 bits per heavy atom. The lowest BCUT2D eigenvalue weighted by Gasteiger charge is -2.24. The highest BCUT2D eigenvalue weighted by molar-refractivity contribution is 7.48. The van der Waals surface area contributed by atoms with Crippen molar-refractivity contribution in [2.24, 2.45) is 0 Å². The number of phosphoric ester groups is 5. The van der Waals surface area contributed by atoms with E-state index < -0.39 is 181 Å². The predicted octanol–water partition coefficient (Wildman–Crippen LogP) is 5.56. The minimum absolute atomic E-state index is 0.0164. The number of nitrogen functional groups attached to an aromatic ring is 2. The molecular weight excluding hydrogens is 1880 g/mol. The Balaban J connectivity index is 0.523. The zero-order valence-corrected chi connectivity index (χ0v) is 76.2. The first-order valence-electron chi connectivity index (χ1n) is 41.7. The fourth-order valence-electron chi connectivity index (χ4n) is 14.3. The molecule has 6 aromatic heterocycles. The number of carbonyl (C=O) groups excluding carboxylic acids is 2. The van der Waals surface area contributed by atoms with Crippen molar-refractivity contribution < 1.29 is 141 Å². The van der Waals surface area contributed by atoms with Crippen LogP contribution in [0.25, 0.3) is 46.6 Å². The molecule has 10 heterocycles. The van der Waals surface area contributed by atoms with E-state index in [4.69, 9.17) is 90.2 Å². The maximum absolute atomic E-state index is 14.2. The topological polar surface area (TPSA) is 682 Å². The molecule has 2 amide bonds. The SMILES string of the molecule is Cc1cn([C@H]2C[C@H](OP(=O)(O)OC[C@H]3O[C@@H](n4cc(C)c(=O)[nH]c4=O)C[C@@H]3O)[C@@H](COP(=O)(O)OCCOc3ccc(/C=C/c4ccc(OCCOP(=O)(O)O[C@H]5C[C@H](n6cnc7c(N)ncnc76)O[C@@H]5COP(=O)(O)O[C@H]5C[C@H](n6cnc7c(N)ncnc76)O[C@@H]5COP(=O)(O)OCCCNC(=O)c5ccc(/C=C/c6ccc(C(=O)NCCCO)cc6)cc5)cc4)cc3)O2)c(=O)[nH]c1=O. The summed E-state index contributed by atoms with van der Waals surface area (Å²) in [6, 6.07) is 27.1. The van der Waals surface area contributed by atoms with Crippen LogP contribution in [0.1, 0.15) is 118 Å². The third kappa shape index (κ3) is 27.2. The molecule has 0 radical (unpaired) electrons. The van der Waals surface area contributed by atoms with Gasteiger partial charge in [0, 0.05) is 80.0 Å². The van der Waals surface area contributed by atoms with Gasteiger partial charge in [0.2, 0.25) is 0 Å². The number of imidazole rings is 2. The van der Waals surface area contributed by atoms with Crippen molar-refractivity contribution in [3.63, 3.8) is 0 Å². The number of hydrogen-bond donors (Lipinski definition) is 13. The van der Waals surface area contributed by atoms with Crippen molar-refractivity contribution in [3.8, 4) is 11.5 Å². The van der Waals surface area contributed by atoms with E-state index in [-0.39, 0.29) is 116 Å². The average Bonchev–Trinajstić information content (AvgIpc) is 1.61. The van der Waals surface area contributed by atoms with E-state index in [1.54, 1.807) is 109 Å². The molecule has 4 aliphatic rings. The Bertz CT molecular complexity index is 6410. The highest BCUT2D eigenvalue weighted by atomic mass is 31.2. The van der Waals surface area contributed by atoms with Crippen LogP contribution in [0.3, 0.4) is 0 Å². The van der Waals surface area contributed by atoms with E-state index in [9.17, 15) is 81.2 Å². The quantitative estimate of drug-likeness (QED) is 0.0126. The molecule has 4 aromatic carbocycles. The van der Waals surface area contributed by atoms with Crippen LogP contribution in [0, 0.1) is 13.8 Å². The zero-order chi connectivity index (χ0) is 95.9. The Labute approximate surface area is 764 Å². The van der Waals surface area contributed by atoms with Crippen LogP contribution in [0.4, 0.5) is 11.6 Å². The van der Waals surface area contributed by atoms with Gasteiger partial charge in [-0.3, -0.25) is 92.7 Å². The van der Waals surface area contributed by atoms with Gasteiger partial charge in [0.25, 0.3) is 22.9 Å². The molecule has 15 N–H and O–H groups in total. The molecule has 724 valence electrons. The molecule has 0 spiro atoms. The number of H-pyrrole nitrogens is 2. The number of aromatic amines is 2. The van der Waals surface area contributed by atoms with Gasteiger partial charge in [-0.2, -0.15) is 0 Å². The van der Waals surface area contributed by atoms with E-state index in [1.165, 1.54) is 60.7 Å². The number of fused-ring (bicyclic) bond motifs is 2. The highest BCUT2D eigenvalue weighted by Gasteiger charge is 2.49. The van der Waals surface area contributed by atoms with Gasteiger partial charge in [0.1, 0.15) is 116 Å². The molecule has 135 heavy (non-hydrogen) atoms. The lowest BCUT2D eigenvalue weighted by molar-refractivity contribution is -0.0577. The first-order chi connectivity index (χ1) is 64.5. The molecule has 0 bridgehead atoms. The molecule has 4 aliphatic heterocycles. The summed E-state index contributed by atoms with van der Waals surface area (Å²) in [5.74, 6) is 0.0486. The molecule has 50 nitrogen and oxygen atoms in total. The number of nitrogens with one attached hydrogen (secondary N) is 4. The predicted molar refractivity (Wildman–Crippen MR) is 473 cm³/mol. The Hall–Kier alpha value is -10.7. The second-order valence-electron chi connectivity index (χ2n) is 30.8. The summed E-state index contributed by atoms with van der Waals surface area (Å²) in [7, 11) is -25.4. The normalized spacial score (nSPS) is 23.1. The summed E-state index contributed by atoms with van der Waals surface area (Å²) in [4.78, 5) is 159. The molecule has 0 saturated carbocycles. The molecule has 4 fully saturated rings. The first kappa shape index (κ1) is 100. The van der Waals surface area contributed by atoms with Crippen molar-refractivity contribution in [3.05, 3.63) is 221 Å². The fraction of sp³-hybridized carbons (Fsp3) is 0.400. The Morgan fingerprint density at radius 2 is 0.785 bits per heavy atom. The number of aryl methyl sites for hydroxylation is 2. The molecule has 17 atom stereocenters. The molecule has 55 heteroatoms. The molecule has 5 unspecified atom stereocenters. The smallest absolute Gasteiger partial charge is 0.472 e. The summed E-state index contributed by atoms with van der Waals surface area (Å²) < 4.78 is 162. The van der Waals surface area contributed by atoms with Crippen LogP contribution in [-0.4, -0.2) is 233 Å². The Kier molecular flexibility index (Phi) is 33.1. The molecule has 0 aliphatic carbocycles. The number of hydrogen-bond acceptors (Lipinski definition) is 37. The van der Waals surface area contributed by atoms with Crippen molar-refractivity contribution >= 4 is 109 Å². The number of phosphoric acid groups is 5. The molecule has 4 saturated heterocycles. The Morgan fingerprint density at radius 1 is 0.444 bits per heavy atom. The minimum Gasteiger partial charge on any atom is -0.491 e. The van der Waals surface area contributed by atoms with Gasteiger partial charge >= 0.3 is 50.5 Å². The van der Waals surface area contributed by atoms with Gasteiger partial charge in [-0.05, 0) is 97.5 Å². The van der Waals surface area contributed by atoms with Crippen LogP contribution in [-0.2, 0) is 87.0 Å². The van der Waals surface area contributed by atoms with Crippen molar-refractivity contribution in [1.82, 2.24) is 68.8 Å². The number of nitrogens with zero attached hydrogens (tertiary/aromatic N) is 10. The monoisotopic (exact) mass is 1980 g/mol. The standard InChI is InChI=1S/C80H95N16O34P5/c1-47-37-93(79(103)91-75(47)99)65-33-57(98)61(124-65)39-122-134(111,112)129-58-34-66(94-38-48(2)76(100)92-80(94)104)125-62(58)40-121-132(107,108)118-31-29-115-55-21-13-51(14-22-55)7-8-52-15-23-56(24-16-52)116-30-32-119-133(109,110)128-59-35-67(95-45-89-69-71(81)85-43-87-73(69)95)127-64(59)42-123-135(113,114)130-60-36-68(96-46-90-70-72(82)86-44-88-74(70)96)126-63(60)41-120-131(105,106)117-28-4-26-84-78(102)54-19-11-50(12-20-54)6-5-49-9-17-53(18-10-49)77(101)83-25-3-27-97/h5-24,37-38,43-46,57-68,97-98H,3-4,25-36,39-42H2,1-2H3,(H,83,101)(H,84,102)(H,105,106)(H,107,108)(H,109,110)(H,111,112)(H,113,114)(H2,81,85,87)(H2,82,86,88)(H,91,99,103)(H,92,100,104)/b6-5+,8-7+/t57-,58-,59-,60-,61+,62+,63+,64+,65+,66+,67+,68+/m0/s1. The van der Waals surface area contributed by atoms with Crippen LogP contribution >= 0.6 is 39.1 Å². The third-order valence-corrected chi connectivity index (χ3v) is 26.2. The maximum Gasteiger partial charge on any atom is 0.472 e. The summed E-state index contributed by atoms with van der Waals surface area (Å²) in [6.45, 7) is -1.89. The van der Waals surface area contributed by atoms with E-state index in [0.29, 0.717) is 35.6 Å². The van der Waals surface area contributed by atoms with Crippen LogP contribution in [0.5, 0.6) is 11.5 Å². The van der Waals surface area contributed by atoms with Gasteiger partial charge in [-0.25, -0.2) is 62.3 Å². The largest absolute Gasteiger partial charge is 0.491 e. The minimum atomic E-state index is -5.30. The van der Waals surface area contributed by atoms with Crippen LogP contribution in [0.2, 0.25) is 0 Å². The number of anilines is 2. The highest BCUT2D eigenvalue weighted by Crippen LogP contribution is 2.55. The van der Waals surface area contributed by atoms with Gasteiger partial charge in [-0.15, -0.1) is 0 Å². The van der Waals surface area contributed by atoms with E-state index in [1.807, 2.05) is 12.2 Å². The number of carbonyl (C=O) groups is 2. The number of nitrogens with two attached hydrogens (primary N) is 2. The van der Waals surface area contributed by atoms with Crippen molar-refractivity contribution in [2.45, 2.75) is 126 Å². The lowest BCUT2D eigenvalue weighted by atomic mass is 10.1. The second-order valence-corrected chi connectivity index (χ2v) is 37.9. The summed E-state index contributed by atoms with van der Waals surface area (Å²) >= 11 is 0. The fourth-order valence-corrected chi connectivity index (χ4v) is 18.7. The number of benzene rings is 4. The molecule has 14 rings (SSSR count). The van der Waals surface area contributed by atoms with E-state index in [2.05, 4.69) is 50.5 Å². The summed E-state index contributed by atoms with van der Waals surface area (Å²) in [5.41, 5.74) is 14.0. The second kappa shape index (κ2) is 44.6. The first-order valence-corrected chi connectivity index (χ1v) is 49.2. The number of ether oxygens (including phenoxy) is 6. The van der Waals surface area contributed by atoms with Crippen LogP contribution in [0.15, 0.2) is 154 Å². The third-order valence-electron chi connectivity index (χ3n) is 21.2. The van der Waals surface area contributed by atoms with E-state index >= 15 is 0 Å². The average molecular weight is 1980 g/mol. The summed E-state index contributed by atoms with van der Waals surface area (Å²) in [5, 5.41) is 25.1. The number of rotatable bonds is 46. The van der Waals surface area contributed by atoms with Gasteiger partial charge in [0.15, 0.2) is 22.9 Å². The maximum atomic E-state index is 14.2. The summed E-state index contributed by atoms with van der Waals surface area (Å²) in [6.07, 6.45) is -1.75. The number of aromatic nitrogens is 12. The van der Waals surface area contributed by atoms with Gasteiger partial charge in [0.05, 0.1) is 65.0 Å². The van der Waals surface area contributed by atoms with E-state index in [0.717, 1.165) is 31.4 Å². The molecular formula is C80H95N16O34P5. The van der Waals surface area contributed by atoms with Crippen LogP contribution < -0.4 is 54.1 Å². The zero-order valence-electron chi connectivity index (χ0n) is 71.7. The lowest BCUT2D eigenvalue weighted by Crippen LogP contribution is -2.33. The number of aliphatic hydroxyl groups excluding tert-OH is 2. The number of amides is 2. The number of aliphatic hydroxyl groups is 2. The molecule has 10 aromatic rings. The van der Waals surface area contributed by atoms with Gasteiger partial charge in [-0.1, -0.05) is 72.8 Å². The van der Waals surface area contributed by atoms with Crippen molar-refractivity contribution in [2.75, 3.05) is 90.6 Å². The van der Waals surface area contributed by atoms with Crippen molar-refractivity contribution in [1.29, 1.82) is 0 Å². The van der Waals surface area contributed by atoms with Gasteiger partial charge < -0.3 is 85.2 Å².